The van der Waals surface area contributed by atoms with Gasteiger partial charge in [-0.25, -0.2) is 0 Å². The summed E-state index contributed by atoms with van der Waals surface area (Å²) < 4.78 is 0. The second-order valence-corrected chi connectivity index (χ2v) is 3.72. The number of hydrogen-bond acceptors (Lipinski definition) is 3. The molecule has 0 unspecified atom stereocenters. The molecule has 1 aliphatic heterocycles. The van der Waals surface area contributed by atoms with Gasteiger partial charge in [-0.3, -0.25) is 10.4 Å². The highest BCUT2D eigenvalue weighted by Crippen LogP contribution is 2.23. The van der Waals surface area contributed by atoms with E-state index < -0.39 is 0 Å². The van der Waals surface area contributed by atoms with E-state index in [1.807, 2.05) is 36.2 Å². The van der Waals surface area contributed by atoms with Gasteiger partial charge < -0.3 is 5.73 Å². The van der Waals surface area contributed by atoms with Crippen molar-refractivity contribution >= 4 is 17.3 Å². The Balaban J connectivity index is 2.22. The highest BCUT2D eigenvalue weighted by Gasteiger charge is 2.11. The van der Waals surface area contributed by atoms with E-state index in [0.29, 0.717) is 5.82 Å². The molecule has 1 aromatic rings. The molecule has 1 heterocycles. The fourth-order valence-corrected chi connectivity index (χ4v) is 1.53. The first-order chi connectivity index (χ1) is 6.66. The van der Waals surface area contributed by atoms with E-state index in [1.165, 1.54) is 0 Å². The van der Waals surface area contributed by atoms with Gasteiger partial charge in [0.2, 0.25) is 0 Å². The lowest BCUT2D eigenvalue weighted by Crippen LogP contribution is -2.33. The molecule has 0 spiro atoms. The van der Waals surface area contributed by atoms with E-state index in [0.717, 1.165) is 22.8 Å². The van der Waals surface area contributed by atoms with Crippen LogP contribution < -0.4 is 16.2 Å². The summed E-state index contributed by atoms with van der Waals surface area (Å²) in [6.45, 7) is 2.75. The third-order valence-electron chi connectivity index (χ3n) is 2.22. The molecule has 1 aliphatic rings. The van der Waals surface area contributed by atoms with Gasteiger partial charge in [-0.05, 0) is 30.7 Å². The number of aryl methyl sites for hydroxylation is 1. The van der Waals surface area contributed by atoms with Crippen molar-refractivity contribution < 1.29 is 0 Å². The number of halogens is 1. The number of rotatable bonds is 1. The van der Waals surface area contributed by atoms with Crippen LogP contribution in [0.3, 0.4) is 0 Å². The summed E-state index contributed by atoms with van der Waals surface area (Å²) in [6, 6.07) is 5.94. The van der Waals surface area contributed by atoms with Gasteiger partial charge in [0, 0.05) is 5.02 Å². The van der Waals surface area contributed by atoms with E-state index in [4.69, 9.17) is 17.3 Å². The van der Waals surface area contributed by atoms with Crippen molar-refractivity contribution in [2.45, 2.75) is 6.92 Å². The second-order valence-electron chi connectivity index (χ2n) is 3.32. The SMILES string of the molecule is Cc1ccc(N2CC=C(N)N2)cc1Cl. The first-order valence-electron chi connectivity index (χ1n) is 4.43. The Bertz CT molecular complexity index is 387. The van der Waals surface area contributed by atoms with Crippen molar-refractivity contribution in [1.82, 2.24) is 5.43 Å². The zero-order valence-corrected chi connectivity index (χ0v) is 8.67. The first-order valence-corrected chi connectivity index (χ1v) is 4.80. The highest BCUT2D eigenvalue weighted by atomic mass is 35.5. The maximum absolute atomic E-state index is 6.03. The fraction of sp³-hybridized carbons (Fsp3) is 0.200. The lowest BCUT2D eigenvalue weighted by Gasteiger charge is -2.19. The van der Waals surface area contributed by atoms with Gasteiger partial charge in [0.25, 0.3) is 0 Å². The van der Waals surface area contributed by atoms with Crippen molar-refractivity contribution in [1.29, 1.82) is 0 Å². The van der Waals surface area contributed by atoms with Crippen LogP contribution in [0.15, 0.2) is 30.1 Å². The quantitative estimate of drug-likeness (QED) is 0.741. The number of nitrogens with zero attached hydrogens (tertiary/aromatic N) is 1. The second kappa shape index (κ2) is 3.42. The fourth-order valence-electron chi connectivity index (χ4n) is 1.36. The van der Waals surface area contributed by atoms with Gasteiger partial charge in [-0.15, -0.1) is 0 Å². The minimum Gasteiger partial charge on any atom is -0.384 e. The molecule has 2 rings (SSSR count). The predicted octanol–water partition coefficient (Wildman–Crippen LogP) is 1.77. The predicted molar refractivity (Wildman–Crippen MR) is 58.9 cm³/mol. The minimum absolute atomic E-state index is 0.682. The smallest absolute Gasteiger partial charge is 0.113 e. The number of nitrogens with one attached hydrogen (secondary N) is 1. The molecule has 0 bridgehead atoms. The molecule has 3 nitrogen and oxygen atoms in total. The summed E-state index contributed by atoms with van der Waals surface area (Å²) >= 11 is 6.03. The lowest BCUT2D eigenvalue weighted by molar-refractivity contribution is 0.797. The summed E-state index contributed by atoms with van der Waals surface area (Å²) in [5.74, 6) is 0.682. The Morgan fingerprint density at radius 3 is 2.86 bits per heavy atom. The van der Waals surface area contributed by atoms with Gasteiger partial charge in [-0.1, -0.05) is 17.7 Å². The molecule has 0 fully saturated rings. The van der Waals surface area contributed by atoms with Gasteiger partial charge >= 0.3 is 0 Å². The number of benzene rings is 1. The average molecular weight is 210 g/mol. The minimum atomic E-state index is 0.682. The van der Waals surface area contributed by atoms with E-state index in [9.17, 15) is 0 Å². The third kappa shape index (κ3) is 1.63. The zero-order valence-electron chi connectivity index (χ0n) is 7.92. The summed E-state index contributed by atoms with van der Waals surface area (Å²) in [4.78, 5) is 0. The number of hydrogen-bond donors (Lipinski definition) is 2. The Morgan fingerprint density at radius 2 is 2.29 bits per heavy atom. The van der Waals surface area contributed by atoms with Crippen molar-refractivity contribution in [2.24, 2.45) is 5.73 Å². The van der Waals surface area contributed by atoms with Gasteiger partial charge in [0.1, 0.15) is 5.82 Å². The topological polar surface area (TPSA) is 41.3 Å². The molecule has 1 aromatic carbocycles. The highest BCUT2D eigenvalue weighted by molar-refractivity contribution is 6.31. The van der Waals surface area contributed by atoms with Gasteiger partial charge in [0.15, 0.2) is 0 Å². The summed E-state index contributed by atoms with van der Waals surface area (Å²) in [7, 11) is 0. The number of nitrogens with two attached hydrogens (primary N) is 1. The summed E-state index contributed by atoms with van der Waals surface area (Å²) in [6.07, 6.45) is 1.92. The Kier molecular flexibility index (Phi) is 2.25. The van der Waals surface area contributed by atoms with Crippen LogP contribution in [0.25, 0.3) is 0 Å². The van der Waals surface area contributed by atoms with Crippen LogP contribution >= 0.6 is 11.6 Å². The largest absolute Gasteiger partial charge is 0.384 e. The molecule has 3 N–H and O–H groups in total. The van der Waals surface area contributed by atoms with Gasteiger partial charge in [0.05, 0.1) is 12.2 Å². The molecule has 0 saturated heterocycles. The Morgan fingerprint density at radius 1 is 1.50 bits per heavy atom. The molecular weight excluding hydrogens is 198 g/mol. The van der Waals surface area contributed by atoms with E-state index >= 15 is 0 Å². The number of hydrazine groups is 1. The van der Waals surface area contributed by atoms with E-state index in [1.54, 1.807) is 0 Å². The Hall–Kier alpha value is -1.35. The lowest BCUT2D eigenvalue weighted by atomic mass is 10.2. The maximum atomic E-state index is 6.03. The van der Waals surface area contributed by atoms with Crippen LogP contribution in [-0.4, -0.2) is 6.54 Å². The standard InChI is InChI=1S/C10H12ClN3/c1-7-2-3-8(6-9(7)11)14-5-4-10(12)13-14/h2-4,6,13H,5,12H2,1H3. The van der Waals surface area contributed by atoms with Crippen LogP contribution in [0.1, 0.15) is 5.56 Å². The van der Waals surface area contributed by atoms with E-state index in [-0.39, 0.29) is 0 Å². The number of anilines is 1. The molecular formula is C10H12ClN3. The van der Waals surface area contributed by atoms with Crippen molar-refractivity contribution in [3.63, 3.8) is 0 Å². The monoisotopic (exact) mass is 209 g/mol. The van der Waals surface area contributed by atoms with Crippen molar-refractivity contribution in [2.75, 3.05) is 11.6 Å². The summed E-state index contributed by atoms with van der Waals surface area (Å²) in [5.41, 5.74) is 10.7. The molecule has 0 amide bonds. The van der Waals surface area contributed by atoms with Gasteiger partial charge in [-0.2, -0.15) is 0 Å². The van der Waals surface area contributed by atoms with Crippen molar-refractivity contribution in [3.05, 3.63) is 40.7 Å². The third-order valence-corrected chi connectivity index (χ3v) is 2.63. The molecule has 74 valence electrons. The summed E-state index contributed by atoms with van der Waals surface area (Å²) in [5, 5.41) is 2.72. The zero-order chi connectivity index (χ0) is 10.1. The molecule has 4 heteroatoms. The molecule has 0 saturated carbocycles. The Labute approximate surface area is 88.1 Å². The maximum Gasteiger partial charge on any atom is 0.113 e. The van der Waals surface area contributed by atoms with Crippen LogP contribution in [0.5, 0.6) is 0 Å². The first kappa shape index (κ1) is 9.21. The van der Waals surface area contributed by atoms with E-state index in [2.05, 4.69) is 5.43 Å². The molecule has 0 aromatic heterocycles. The molecule has 0 radical (unpaired) electrons. The van der Waals surface area contributed by atoms with Crippen LogP contribution in [0.4, 0.5) is 5.69 Å². The normalized spacial score (nSPS) is 15.3. The average Bonchev–Trinajstić information content (AvgIpc) is 2.57. The molecule has 0 aliphatic carbocycles. The van der Waals surface area contributed by atoms with Crippen LogP contribution in [0, 0.1) is 6.92 Å². The molecule has 14 heavy (non-hydrogen) atoms. The van der Waals surface area contributed by atoms with Crippen LogP contribution in [0.2, 0.25) is 5.02 Å². The van der Waals surface area contributed by atoms with Crippen LogP contribution in [-0.2, 0) is 0 Å². The molecule has 0 atom stereocenters. The van der Waals surface area contributed by atoms with Crippen molar-refractivity contribution in [3.8, 4) is 0 Å².